The average molecular weight is 986 g/mol. The molecule has 0 unspecified atom stereocenters. The Labute approximate surface area is 440 Å². The van der Waals surface area contributed by atoms with Crippen LogP contribution in [0.3, 0.4) is 0 Å². The van der Waals surface area contributed by atoms with Gasteiger partial charge in [-0.25, -0.2) is 4.98 Å². The molecule has 0 amide bonds. The lowest BCUT2D eigenvalue weighted by atomic mass is 9.81. The summed E-state index contributed by atoms with van der Waals surface area (Å²) in [6.45, 7) is 4.71. The number of furan rings is 2. The van der Waals surface area contributed by atoms with Gasteiger partial charge in [-0.05, 0) is 147 Å². The number of fused-ring (bicyclic) bond motifs is 16. The average Bonchev–Trinajstić information content (AvgIpc) is 4.43. The van der Waals surface area contributed by atoms with Crippen LogP contribution in [-0.2, 0) is 5.41 Å². The lowest BCUT2D eigenvalue weighted by molar-refractivity contribution is 0.661. The molecule has 5 aromatic heterocycles. The van der Waals surface area contributed by atoms with Gasteiger partial charge in [0.1, 0.15) is 22.3 Å². The van der Waals surface area contributed by atoms with Crippen LogP contribution in [0.1, 0.15) is 25.0 Å². The van der Waals surface area contributed by atoms with Gasteiger partial charge in [0.15, 0.2) is 11.6 Å². The molecule has 360 valence electrons. The third-order valence-corrected chi connectivity index (χ3v) is 16.5. The SMILES string of the molecule is CC1(C)c2cc3ccccc3cc2-c2cc3c4cc(-c5ccc6c(c5)c5ccccc5n6-c5ccccc5)ccc4n(-c4nc(-c5ccc6c(c5)oc5ccccc56)nc(-c5ccc6c(c5)oc5ccccc56)n4)c3cc21. The summed E-state index contributed by atoms with van der Waals surface area (Å²) < 4.78 is 17.6. The van der Waals surface area contributed by atoms with Crippen LogP contribution in [0.25, 0.3) is 155 Å². The first-order valence-electron chi connectivity index (χ1n) is 26.2. The smallest absolute Gasteiger partial charge is 0.238 e. The predicted molar refractivity (Wildman–Crippen MR) is 314 cm³/mol. The third-order valence-electron chi connectivity index (χ3n) is 16.5. The van der Waals surface area contributed by atoms with Crippen LogP contribution in [0, 0.1) is 0 Å². The lowest BCUT2D eigenvalue weighted by Crippen LogP contribution is -2.15. The number of nitrogens with zero attached hydrogens (tertiary/aromatic N) is 5. The molecular formula is C70H43N5O2. The second kappa shape index (κ2) is 15.5. The fraction of sp³-hybridized carbons (Fsp3) is 0.0429. The summed E-state index contributed by atoms with van der Waals surface area (Å²) in [6, 6.07) is 80.3. The molecule has 5 heterocycles. The zero-order valence-electron chi connectivity index (χ0n) is 41.9. The molecule has 0 saturated carbocycles. The van der Waals surface area contributed by atoms with Crippen molar-refractivity contribution in [2.45, 2.75) is 19.3 Å². The van der Waals surface area contributed by atoms with Crippen molar-refractivity contribution in [2.75, 3.05) is 0 Å². The van der Waals surface area contributed by atoms with Crippen LogP contribution < -0.4 is 0 Å². The van der Waals surface area contributed by atoms with Crippen molar-refractivity contribution in [3.8, 4) is 56.7 Å². The topological polar surface area (TPSA) is 74.8 Å². The van der Waals surface area contributed by atoms with Crippen LogP contribution >= 0.6 is 0 Å². The predicted octanol–water partition coefficient (Wildman–Crippen LogP) is 18.3. The van der Waals surface area contributed by atoms with Gasteiger partial charge in [-0.15, -0.1) is 0 Å². The molecule has 77 heavy (non-hydrogen) atoms. The zero-order chi connectivity index (χ0) is 50.7. The molecule has 0 spiro atoms. The Morgan fingerprint density at radius 2 is 0.805 bits per heavy atom. The van der Waals surface area contributed by atoms with E-state index in [0.717, 1.165) is 93.6 Å². The molecule has 0 fully saturated rings. The van der Waals surface area contributed by atoms with E-state index in [1.807, 2.05) is 36.4 Å². The molecule has 17 rings (SSSR count). The van der Waals surface area contributed by atoms with Crippen molar-refractivity contribution < 1.29 is 8.83 Å². The largest absolute Gasteiger partial charge is 0.456 e. The summed E-state index contributed by atoms with van der Waals surface area (Å²) in [6.07, 6.45) is 0. The number of aromatic nitrogens is 5. The van der Waals surface area contributed by atoms with Gasteiger partial charge in [0.25, 0.3) is 0 Å². The lowest BCUT2D eigenvalue weighted by Gasteiger charge is -2.22. The van der Waals surface area contributed by atoms with Crippen LogP contribution in [0.4, 0.5) is 0 Å². The van der Waals surface area contributed by atoms with Crippen molar-refractivity contribution in [1.82, 2.24) is 24.1 Å². The molecule has 1 aliphatic rings. The van der Waals surface area contributed by atoms with Crippen molar-refractivity contribution in [2.24, 2.45) is 0 Å². The summed E-state index contributed by atoms with van der Waals surface area (Å²) in [5.74, 6) is 1.58. The summed E-state index contributed by atoms with van der Waals surface area (Å²) in [7, 11) is 0. The van der Waals surface area contributed by atoms with E-state index >= 15 is 0 Å². The van der Waals surface area contributed by atoms with Crippen LogP contribution in [0.15, 0.2) is 233 Å². The molecule has 7 heteroatoms. The van der Waals surface area contributed by atoms with Gasteiger partial charge in [-0.2, -0.15) is 9.97 Å². The summed E-state index contributed by atoms with van der Waals surface area (Å²) in [5.41, 5.74) is 17.5. The maximum atomic E-state index is 6.46. The molecule has 7 nitrogen and oxygen atoms in total. The van der Waals surface area contributed by atoms with E-state index in [-0.39, 0.29) is 5.41 Å². The standard InChI is InChI=1S/C70H43N5O2/c1-70(2)57-35-41-15-7-6-14-40(41)32-52(57)53-38-56-55-34-43(42-26-30-60-54(33-42)47-18-8-11-21-59(47)74(60)46-16-4-3-5-17-46)27-31-61(55)75(62(56)39-58(53)70)69-72-67(44-24-28-50-48-19-9-12-22-63(48)76-65(50)36-44)71-68(73-69)45-25-29-51-49-20-10-13-23-64(49)77-66(51)37-45/h3-39H,1-2H3. The Balaban J connectivity index is 0.924. The fourth-order valence-electron chi connectivity index (χ4n) is 12.8. The van der Waals surface area contributed by atoms with E-state index in [4.69, 9.17) is 23.8 Å². The number of rotatable bonds is 5. The molecule has 16 aromatic rings. The molecule has 11 aromatic carbocycles. The van der Waals surface area contributed by atoms with Gasteiger partial charge in [-0.3, -0.25) is 4.57 Å². The maximum absolute atomic E-state index is 6.46. The molecule has 0 atom stereocenters. The Hall–Kier alpha value is -10.1. The highest BCUT2D eigenvalue weighted by molar-refractivity contribution is 6.15. The molecule has 0 radical (unpaired) electrons. The fourth-order valence-corrected chi connectivity index (χ4v) is 12.8. The first-order chi connectivity index (χ1) is 37.9. The Morgan fingerprint density at radius 1 is 0.325 bits per heavy atom. The monoisotopic (exact) mass is 985 g/mol. The van der Waals surface area contributed by atoms with Crippen LogP contribution in [-0.4, -0.2) is 24.1 Å². The van der Waals surface area contributed by atoms with Crippen molar-refractivity contribution >= 4 is 98.3 Å². The first-order valence-corrected chi connectivity index (χ1v) is 26.2. The van der Waals surface area contributed by atoms with E-state index in [9.17, 15) is 0 Å². The molecule has 0 aliphatic heterocycles. The Morgan fingerprint density at radius 3 is 1.47 bits per heavy atom. The minimum absolute atomic E-state index is 0.289. The van der Waals surface area contributed by atoms with E-state index in [0.29, 0.717) is 17.6 Å². The van der Waals surface area contributed by atoms with Gasteiger partial charge in [-0.1, -0.05) is 135 Å². The Kier molecular flexibility index (Phi) is 8.50. The van der Waals surface area contributed by atoms with Gasteiger partial charge in [0.2, 0.25) is 5.95 Å². The Bertz CT molecular complexity index is 5080. The second-order valence-electron chi connectivity index (χ2n) is 21.2. The first kappa shape index (κ1) is 42.3. The number of para-hydroxylation sites is 4. The summed E-state index contributed by atoms with van der Waals surface area (Å²) in [5, 5.41) is 11.3. The van der Waals surface area contributed by atoms with E-state index < -0.39 is 0 Å². The normalized spacial score (nSPS) is 13.2. The quantitative estimate of drug-likeness (QED) is 0.172. The van der Waals surface area contributed by atoms with E-state index in [2.05, 4.69) is 211 Å². The minimum atomic E-state index is -0.289. The van der Waals surface area contributed by atoms with Crippen molar-refractivity contribution in [3.63, 3.8) is 0 Å². The minimum Gasteiger partial charge on any atom is -0.456 e. The summed E-state index contributed by atoms with van der Waals surface area (Å²) >= 11 is 0. The van der Waals surface area contributed by atoms with Gasteiger partial charge < -0.3 is 13.4 Å². The van der Waals surface area contributed by atoms with Crippen molar-refractivity contribution in [3.05, 3.63) is 236 Å². The van der Waals surface area contributed by atoms with E-state index in [1.54, 1.807) is 0 Å². The zero-order valence-corrected chi connectivity index (χ0v) is 41.9. The summed E-state index contributed by atoms with van der Waals surface area (Å²) in [4.78, 5) is 16.3. The van der Waals surface area contributed by atoms with Crippen LogP contribution in [0.5, 0.6) is 0 Å². The molecule has 0 saturated heterocycles. The molecule has 0 bridgehead atoms. The highest BCUT2D eigenvalue weighted by atomic mass is 16.3. The highest BCUT2D eigenvalue weighted by Gasteiger charge is 2.37. The third kappa shape index (κ3) is 6.11. The van der Waals surface area contributed by atoms with Gasteiger partial charge in [0, 0.05) is 65.3 Å². The number of hydrogen-bond acceptors (Lipinski definition) is 5. The van der Waals surface area contributed by atoms with Gasteiger partial charge >= 0.3 is 0 Å². The van der Waals surface area contributed by atoms with E-state index in [1.165, 1.54) is 54.8 Å². The highest BCUT2D eigenvalue weighted by Crippen LogP contribution is 2.52. The van der Waals surface area contributed by atoms with Crippen molar-refractivity contribution in [1.29, 1.82) is 0 Å². The molecule has 0 N–H and O–H groups in total. The molecular weight excluding hydrogens is 943 g/mol. The second-order valence-corrected chi connectivity index (χ2v) is 21.2. The van der Waals surface area contributed by atoms with Crippen LogP contribution in [0.2, 0.25) is 0 Å². The number of benzene rings is 11. The van der Waals surface area contributed by atoms with Gasteiger partial charge in [0.05, 0.1) is 22.1 Å². The molecule has 1 aliphatic carbocycles. The number of hydrogen-bond donors (Lipinski definition) is 0. The maximum Gasteiger partial charge on any atom is 0.238 e.